The first-order chi connectivity index (χ1) is 14.3. The van der Waals surface area contributed by atoms with Gasteiger partial charge in [0.25, 0.3) is 5.91 Å². The van der Waals surface area contributed by atoms with E-state index in [0.717, 1.165) is 24.3 Å². The van der Waals surface area contributed by atoms with Crippen molar-refractivity contribution in [3.8, 4) is 11.5 Å². The second-order valence-electron chi connectivity index (χ2n) is 6.63. The fourth-order valence-corrected chi connectivity index (χ4v) is 3.02. The summed E-state index contributed by atoms with van der Waals surface area (Å²) in [7, 11) is 0. The second-order valence-corrected chi connectivity index (χ2v) is 6.63. The molecule has 0 atom stereocenters. The number of hydrogen-bond donors (Lipinski definition) is 2. The van der Waals surface area contributed by atoms with E-state index in [1.807, 2.05) is 36.4 Å². The molecule has 0 fully saturated rings. The average Bonchev–Trinajstić information content (AvgIpc) is 2.78. The Hall–Kier alpha value is -3.61. The SMILES string of the molecule is O=C(NCCCc1ccccc1)c1ccc(Nc2ccc3c(c2)OCCO3)nn1. The molecule has 1 amide bonds. The van der Waals surface area contributed by atoms with E-state index < -0.39 is 0 Å². The first-order valence-electron chi connectivity index (χ1n) is 9.60. The van der Waals surface area contributed by atoms with Crippen molar-refractivity contribution in [2.45, 2.75) is 12.8 Å². The molecule has 0 unspecified atom stereocenters. The van der Waals surface area contributed by atoms with Gasteiger partial charge in [0.2, 0.25) is 0 Å². The minimum Gasteiger partial charge on any atom is -0.486 e. The van der Waals surface area contributed by atoms with E-state index in [4.69, 9.17) is 9.47 Å². The summed E-state index contributed by atoms with van der Waals surface area (Å²) in [4.78, 5) is 12.2. The van der Waals surface area contributed by atoms with Crippen LogP contribution < -0.4 is 20.1 Å². The van der Waals surface area contributed by atoms with Crippen LogP contribution in [-0.2, 0) is 6.42 Å². The number of aryl methyl sites for hydroxylation is 1. The summed E-state index contributed by atoms with van der Waals surface area (Å²) < 4.78 is 11.1. The molecule has 1 aliphatic rings. The van der Waals surface area contributed by atoms with Gasteiger partial charge in [0.1, 0.15) is 13.2 Å². The first kappa shape index (κ1) is 18.7. The summed E-state index contributed by atoms with van der Waals surface area (Å²) in [5.41, 5.74) is 2.36. The maximum Gasteiger partial charge on any atom is 0.271 e. The number of ether oxygens (including phenoxy) is 2. The predicted molar refractivity (Wildman–Crippen MR) is 110 cm³/mol. The van der Waals surface area contributed by atoms with E-state index in [1.165, 1.54) is 5.56 Å². The molecule has 0 saturated heterocycles. The van der Waals surface area contributed by atoms with Gasteiger partial charge in [0.15, 0.2) is 23.0 Å². The minimum absolute atomic E-state index is 0.226. The van der Waals surface area contributed by atoms with E-state index in [0.29, 0.717) is 31.3 Å². The molecule has 1 aromatic heterocycles. The molecular weight excluding hydrogens is 368 g/mol. The molecule has 7 nitrogen and oxygen atoms in total. The third kappa shape index (κ3) is 5.01. The standard InChI is InChI=1S/C22H22N4O3/c27-22(23-12-4-7-16-5-2-1-3-6-16)18-9-11-21(26-25-18)24-17-8-10-19-20(15-17)29-14-13-28-19/h1-3,5-6,8-11,15H,4,7,12-14H2,(H,23,27)(H,24,26). The molecule has 2 heterocycles. The zero-order valence-corrected chi connectivity index (χ0v) is 15.9. The van der Waals surface area contributed by atoms with Crippen molar-refractivity contribution in [3.63, 3.8) is 0 Å². The van der Waals surface area contributed by atoms with Crippen molar-refractivity contribution in [1.29, 1.82) is 0 Å². The Morgan fingerprint density at radius 3 is 2.55 bits per heavy atom. The van der Waals surface area contributed by atoms with Crippen molar-refractivity contribution >= 4 is 17.4 Å². The van der Waals surface area contributed by atoms with Gasteiger partial charge < -0.3 is 20.1 Å². The molecule has 0 radical (unpaired) electrons. The van der Waals surface area contributed by atoms with Gasteiger partial charge in [-0.1, -0.05) is 30.3 Å². The Kier molecular flexibility index (Phi) is 5.85. The number of carbonyl (C=O) groups excluding carboxylic acids is 1. The fraction of sp³-hybridized carbons (Fsp3) is 0.227. The van der Waals surface area contributed by atoms with Crippen LogP contribution in [0.2, 0.25) is 0 Å². The number of nitrogens with one attached hydrogen (secondary N) is 2. The topological polar surface area (TPSA) is 85.4 Å². The number of fused-ring (bicyclic) bond motifs is 1. The lowest BCUT2D eigenvalue weighted by atomic mass is 10.1. The van der Waals surface area contributed by atoms with Crippen molar-refractivity contribution < 1.29 is 14.3 Å². The van der Waals surface area contributed by atoms with Crippen LogP contribution in [-0.4, -0.2) is 35.9 Å². The molecule has 0 bridgehead atoms. The molecule has 148 valence electrons. The third-order valence-corrected chi connectivity index (χ3v) is 4.48. The zero-order valence-electron chi connectivity index (χ0n) is 15.9. The monoisotopic (exact) mass is 390 g/mol. The summed E-state index contributed by atoms with van der Waals surface area (Å²) in [5.74, 6) is 1.74. The molecule has 0 saturated carbocycles. The van der Waals surface area contributed by atoms with E-state index in [-0.39, 0.29) is 11.6 Å². The van der Waals surface area contributed by atoms with Crippen LogP contribution in [0.5, 0.6) is 11.5 Å². The van der Waals surface area contributed by atoms with E-state index in [1.54, 1.807) is 12.1 Å². The first-order valence-corrected chi connectivity index (χ1v) is 9.60. The highest BCUT2D eigenvalue weighted by Crippen LogP contribution is 2.33. The molecule has 29 heavy (non-hydrogen) atoms. The summed E-state index contributed by atoms with van der Waals surface area (Å²) in [6.07, 6.45) is 1.79. The maximum atomic E-state index is 12.2. The van der Waals surface area contributed by atoms with Gasteiger partial charge in [-0.25, -0.2) is 0 Å². The smallest absolute Gasteiger partial charge is 0.271 e. The minimum atomic E-state index is -0.226. The lowest BCUT2D eigenvalue weighted by Gasteiger charge is -2.19. The van der Waals surface area contributed by atoms with Crippen LogP contribution in [0.4, 0.5) is 11.5 Å². The van der Waals surface area contributed by atoms with E-state index >= 15 is 0 Å². The van der Waals surface area contributed by atoms with Gasteiger partial charge in [-0.05, 0) is 42.7 Å². The molecule has 2 N–H and O–H groups in total. The van der Waals surface area contributed by atoms with Gasteiger partial charge >= 0.3 is 0 Å². The number of aromatic nitrogens is 2. The maximum absolute atomic E-state index is 12.2. The Morgan fingerprint density at radius 2 is 1.76 bits per heavy atom. The van der Waals surface area contributed by atoms with Gasteiger partial charge in [-0.15, -0.1) is 10.2 Å². The summed E-state index contributed by atoms with van der Waals surface area (Å²) in [6.45, 7) is 1.68. The molecule has 2 aromatic carbocycles. The number of benzene rings is 2. The average molecular weight is 390 g/mol. The second kappa shape index (κ2) is 9.05. The lowest BCUT2D eigenvalue weighted by Crippen LogP contribution is -2.26. The summed E-state index contributed by atoms with van der Waals surface area (Å²) in [5, 5.41) is 14.1. The Labute approximate surface area is 169 Å². The Balaban J connectivity index is 1.27. The predicted octanol–water partition coefficient (Wildman–Crippen LogP) is 3.35. The Morgan fingerprint density at radius 1 is 0.931 bits per heavy atom. The lowest BCUT2D eigenvalue weighted by molar-refractivity contribution is 0.0947. The van der Waals surface area contributed by atoms with Gasteiger partial charge in [0.05, 0.1) is 0 Å². The number of amides is 1. The van der Waals surface area contributed by atoms with E-state index in [2.05, 4.69) is 33.0 Å². The molecule has 3 aromatic rings. The molecule has 0 aliphatic carbocycles. The van der Waals surface area contributed by atoms with Crippen LogP contribution in [0.25, 0.3) is 0 Å². The van der Waals surface area contributed by atoms with Crippen LogP contribution >= 0.6 is 0 Å². The molecule has 7 heteroatoms. The highest BCUT2D eigenvalue weighted by Gasteiger charge is 2.12. The quantitative estimate of drug-likeness (QED) is 0.602. The number of hydrogen-bond acceptors (Lipinski definition) is 6. The highest BCUT2D eigenvalue weighted by molar-refractivity contribution is 5.92. The summed E-state index contributed by atoms with van der Waals surface area (Å²) >= 11 is 0. The third-order valence-electron chi connectivity index (χ3n) is 4.48. The van der Waals surface area contributed by atoms with Crippen LogP contribution in [0.15, 0.2) is 60.7 Å². The Bertz CT molecular complexity index is 962. The van der Waals surface area contributed by atoms with Gasteiger partial charge in [-0.3, -0.25) is 4.79 Å². The van der Waals surface area contributed by atoms with Crippen molar-refractivity contribution in [3.05, 3.63) is 71.9 Å². The molecule has 0 spiro atoms. The van der Waals surface area contributed by atoms with Crippen LogP contribution in [0.3, 0.4) is 0 Å². The molecular formula is C22H22N4O3. The van der Waals surface area contributed by atoms with Gasteiger partial charge in [0, 0.05) is 18.3 Å². The van der Waals surface area contributed by atoms with E-state index in [9.17, 15) is 4.79 Å². The number of carbonyl (C=O) groups is 1. The summed E-state index contributed by atoms with van der Waals surface area (Å²) in [6, 6.07) is 19.2. The largest absolute Gasteiger partial charge is 0.486 e. The number of rotatable bonds is 7. The highest BCUT2D eigenvalue weighted by atomic mass is 16.6. The van der Waals surface area contributed by atoms with Gasteiger partial charge in [-0.2, -0.15) is 0 Å². The van der Waals surface area contributed by atoms with Crippen molar-refractivity contribution in [1.82, 2.24) is 15.5 Å². The number of nitrogens with zero attached hydrogens (tertiary/aromatic N) is 2. The van der Waals surface area contributed by atoms with Crippen molar-refractivity contribution in [2.75, 3.05) is 25.1 Å². The fourth-order valence-electron chi connectivity index (χ4n) is 3.02. The van der Waals surface area contributed by atoms with Crippen LogP contribution in [0.1, 0.15) is 22.5 Å². The normalized spacial score (nSPS) is 12.3. The molecule has 1 aliphatic heterocycles. The zero-order chi connectivity index (χ0) is 19.9. The molecule has 4 rings (SSSR count). The van der Waals surface area contributed by atoms with Crippen molar-refractivity contribution in [2.24, 2.45) is 0 Å². The van der Waals surface area contributed by atoms with Crippen LogP contribution in [0, 0.1) is 0 Å². The number of anilines is 2.